The van der Waals surface area contributed by atoms with Gasteiger partial charge in [-0.3, -0.25) is 4.79 Å². The van der Waals surface area contributed by atoms with E-state index in [1.54, 1.807) is 0 Å². The molecule has 18 heavy (non-hydrogen) atoms. The average Bonchev–Trinajstić information content (AvgIpc) is 2.52. The Morgan fingerprint density at radius 3 is 2.78 bits per heavy atom. The van der Waals surface area contributed by atoms with Crippen LogP contribution in [0.15, 0.2) is 0 Å². The minimum Gasteiger partial charge on any atom is -0.353 e. The maximum atomic E-state index is 11.9. The number of nitrogens with one attached hydrogen (secondary N) is 2. The molecule has 2 saturated heterocycles. The van der Waals surface area contributed by atoms with E-state index in [1.807, 2.05) is 0 Å². The summed E-state index contributed by atoms with van der Waals surface area (Å²) in [6.07, 6.45) is 4.07. The van der Waals surface area contributed by atoms with Crippen molar-refractivity contribution in [1.82, 2.24) is 10.6 Å². The minimum atomic E-state index is -2.87. The summed E-state index contributed by atoms with van der Waals surface area (Å²) in [5.41, 5.74) is 0. The molecule has 2 atom stereocenters. The van der Waals surface area contributed by atoms with E-state index in [4.69, 9.17) is 0 Å². The smallest absolute Gasteiger partial charge is 0.220 e. The second-order valence-electron chi connectivity index (χ2n) is 5.42. The Bertz CT molecular complexity index is 386. The molecule has 0 spiro atoms. The molecule has 0 radical (unpaired) electrons. The van der Waals surface area contributed by atoms with Crippen molar-refractivity contribution in [3.05, 3.63) is 0 Å². The molecule has 2 unspecified atom stereocenters. The van der Waals surface area contributed by atoms with Crippen molar-refractivity contribution < 1.29 is 13.2 Å². The van der Waals surface area contributed by atoms with Gasteiger partial charge in [0, 0.05) is 12.5 Å². The first kappa shape index (κ1) is 13.8. The van der Waals surface area contributed by atoms with Crippen molar-refractivity contribution in [1.29, 1.82) is 0 Å². The van der Waals surface area contributed by atoms with Gasteiger partial charge in [-0.15, -0.1) is 0 Å². The standard InChI is InChI=1S/C12H22N2O3S/c15-12(8-10-4-7-18(16,17)9-10)14-11-2-1-5-13-6-3-11/h10-11,13H,1-9H2,(H,14,15). The SMILES string of the molecule is O=C(CC1CCS(=O)(=O)C1)NC1CCCNCC1. The summed E-state index contributed by atoms with van der Waals surface area (Å²) in [6.45, 7) is 1.97. The molecule has 1 amide bonds. The summed E-state index contributed by atoms with van der Waals surface area (Å²) in [7, 11) is -2.87. The minimum absolute atomic E-state index is 0.0176. The van der Waals surface area contributed by atoms with E-state index in [0.717, 1.165) is 32.4 Å². The second-order valence-corrected chi connectivity index (χ2v) is 7.65. The molecule has 5 nitrogen and oxygen atoms in total. The fraction of sp³-hybridized carbons (Fsp3) is 0.917. The molecule has 104 valence electrons. The van der Waals surface area contributed by atoms with E-state index in [2.05, 4.69) is 10.6 Å². The molecule has 2 rings (SSSR count). The lowest BCUT2D eigenvalue weighted by atomic mass is 10.0. The van der Waals surface area contributed by atoms with Gasteiger partial charge in [0.15, 0.2) is 9.84 Å². The Balaban J connectivity index is 1.75. The number of carbonyl (C=O) groups excluding carboxylic acids is 1. The molecule has 0 aromatic carbocycles. The molecule has 0 bridgehead atoms. The van der Waals surface area contributed by atoms with E-state index in [0.29, 0.717) is 12.8 Å². The molecule has 0 aromatic rings. The Morgan fingerprint density at radius 1 is 1.22 bits per heavy atom. The Labute approximate surface area is 109 Å². The fourth-order valence-electron chi connectivity index (χ4n) is 2.75. The van der Waals surface area contributed by atoms with E-state index < -0.39 is 9.84 Å². The zero-order chi connectivity index (χ0) is 13.0. The highest BCUT2D eigenvalue weighted by Crippen LogP contribution is 2.21. The van der Waals surface area contributed by atoms with Crippen LogP contribution in [0.5, 0.6) is 0 Å². The molecular formula is C12H22N2O3S. The van der Waals surface area contributed by atoms with Crippen molar-refractivity contribution >= 4 is 15.7 Å². The number of hydrogen-bond donors (Lipinski definition) is 2. The van der Waals surface area contributed by atoms with Crippen molar-refractivity contribution in [3.63, 3.8) is 0 Å². The second kappa shape index (κ2) is 6.02. The van der Waals surface area contributed by atoms with Crippen molar-refractivity contribution in [2.75, 3.05) is 24.6 Å². The Morgan fingerprint density at radius 2 is 2.06 bits per heavy atom. The molecule has 2 fully saturated rings. The van der Waals surface area contributed by atoms with E-state index in [9.17, 15) is 13.2 Å². The van der Waals surface area contributed by atoms with E-state index in [1.165, 1.54) is 0 Å². The summed E-state index contributed by atoms with van der Waals surface area (Å²) in [6, 6.07) is 0.255. The monoisotopic (exact) mass is 274 g/mol. The molecule has 2 heterocycles. The highest BCUT2D eigenvalue weighted by atomic mass is 32.2. The van der Waals surface area contributed by atoms with Crippen molar-refractivity contribution in [3.8, 4) is 0 Å². The zero-order valence-electron chi connectivity index (χ0n) is 10.7. The summed E-state index contributed by atoms with van der Waals surface area (Å²) >= 11 is 0. The van der Waals surface area contributed by atoms with E-state index >= 15 is 0 Å². The quantitative estimate of drug-likeness (QED) is 0.763. The van der Waals surface area contributed by atoms with Gasteiger partial charge in [0.1, 0.15) is 0 Å². The Hall–Kier alpha value is -0.620. The molecular weight excluding hydrogens is 252 g/mol. The number of amides is 1. The van der Waals surface area contributed by atoms with Crippen LogP contribution in [0, 0.1) is 5.92 Å². The summed E-state index contributed by atoms with van der Waals surface area (Å²) in [4.78, 5) is 11.9. The lowest BCUT2D eigenvalue weighted by Gasteiger charge is -2.17. The maximum Gasteiger partial charge on any atom is 0.220 e. The van der Waals surface area contributed by atoms with Crippen LogP contribution in [-0.4, -0.2) is 45.0 Å². The largest absolute Gasteiger partial charge is 0.353 e. The van der Waals surface area contributed by atoms with Gasteiger partial charge in [-0.05, 0) is 44.7 Å². The van der Waals surface area contributed by atoms with Gasteiger partial charge >= 0.3 is 0 Å². The molecule has 2 aliphatic heterocycles. The summed E-state index contributed by atoms with van der Waals surface area (Å²) in [5.74, 6) is 0.480. The van der Waals surface area contributed by atoms with Crippen LogP contribution in [0.25, 0.3) is 0 Å². The number of sulfone groups is 1. The van der Waals surface area contributed by atoms with Gasteiger partial charge in [-0.2, -0.15) is 0 Å². The van der Waals surface area contributed by atoms with Gasteiger partial charge in [-0.1, -0.05) is 0 Å². The van der Waals surface area contributed by atoms with Crippen LogP contribution in [0.2, 0.25) is 0 Å². The lowest BCUT2D eigenvalue weighted by Crippen LogP contribution is -2.36. The molecule has 0 saturated carbocycles. The number of rotatable bonds is 3. The van der Waals surface area contributed by atoms with Gasteiger partial charge in [-0.25, -0.2) is 8.42 Å². The van der Waals surface area contributed by atoms with Gasteiger partial charge in [0.2, 0.25) is 5.91 Å². The van der Waals surface area contributed by atoms with Crippen molar-refractivity contribution in [2.45, 2.75) is 38.1 Å². The first-order valence-electron chi connectivity index (χ1n) is 6.76. The predicted octanol–water partition coefficient (Wildman–Crippen LogP) is 0.0695. The fourth-order valence-corrected chi connectivity index (χ4v) is 4.61. The van der Waals surface area contributed by atoms with E-state index in [-0.39, 0.29) is 29.4 Å². The third kappa shape index (κ3) is 4.24. The third-order valence-corrected chi connectivity index (χ3v) is 5.58. The first-order valence-corrected chi connectivity index (χ1v) is 8.58. The number of hydrogen-bond acceptors (Lipinski definition) is 4. The van der Waals surface area contributed by atoms with Crippen molar-refractivity contribution in [2.24, 2.45) is 5.92 Å². The molecule has 2 aliphatic rings. The maximum absolute atomic E-state index is 11.9. The van der Waals surface area contributed by atoms with Gasteiger partial charge in [0.05, 0.1) is 11.5 Å². The average molecular weight is 274 g/mol. The molecule has 6 heteroatoms. The summed E-state index contributed by atoms with van der Waals surface area (Å²) in [5, 5.41) is 6.34. The highest BCUT2D eigenvalue weighted by molar-refractivity contribution is 7.91. The topological polar surface area (TPSA) is 75.3 Å². The van der Waals surface area contributed by atoms with Crippen LogP contribution in [0.4, 0.5) is 0 Å². The van der Waals surface area contributed by atoms with Gasteiger partial charge < -0.3 is 10.6 Å². The third-order valence-electron chi connectivity index (χ3n) is 3.74. The molecule has 0 aliphatic carbocycles. The summed E-state index contributed by atoms with van der Waals surface area (Å²) < 4.78 is 22.6. The van der Waals surface area contributed by atoms with Crippen LogP contribution in [0.1, 0.15) is 32.1 Å². The van der Waals surface area contributed by atoms with Crippen LogP contribution in [-0.2, 0) is 14.6 Å². The predicted molar refractivity (Wildman–Crippen MR) is 70.0 cm³/mol. The lowest BCUT2D eigenvalue weighted by molar-refractivity contribution is -0.122. The highest BCUT2D eigenvalue weighted by Gasteiger charge is 2.29. The molecule has 2 N–H and O–H groups in total. The van der Waals surface area contributed by atoms with Gasteiger partial charge in [0.25, 0.3) is 0 Å². The first-order chi connectivity index (χ1) is 8.55. The van der Waals surface area contributed by atoms with Crippen LogP contribution < -0.4 is 10.6 Å². The van der Waals surface area contributed by atoms with Crippen LogP contribution >= 0.6 is 0 Å². The van der Waals surface area contributed by atoms with Crippen LogP contribution in [0.3, 0.4) is 0 Å². The Kier molecular flexibility index (Phi) is 4.61. The number of carbonyl (C=O) groups is 1. The normalized spacial score (nSPS) is 31.8. The zero-order valence-corrected chi connectivity index (χ0v) is 11.5. The molecule has 0 aromatic heterocycles.